The molecule has 1 saturated heterocycles. The van der Waals surface area contributed by atoms with Crippen LogP contribution in [-0.2, 0) is 6.42 Å². The Kier molecular flexibility index (Phi) is 4.44. The van der Waals surface area contributed by atoms with E-state index in [1.54, 1.807) is 13.3 Å². The fraction of sp³-hybridized carbons (Fsp3) is 0.421. The van der Waals surface area contributed by atoms with Crippen molar-refractivity contribution in [1.82, 2.24) is 9.97 Å². The molecule has 1 spiro atoms. The Balaban J connectivity index is 1.55. The van der Waals surface area contributed by atoms with E-state index in [9.17, 15) is 4.79 Å². The maximum atomic E-state index is 11.4. The fourth-order valence-electron chi connectivity index (χ4n) is 4.32. The summed E-state index contributed by atoms with van der Waals surface area (Å²) in [5.74, 6) is 1.51. The highest BCUT2D eigenvalue weighted by Crippen LogP contribution is 2.51. The molecule has 1 aromatic heterocycles. The number of ether oxygens (including phenoxy) is 1. The molecule has 1 atom stereocenters. The molecule has 2 N–H and O–H groups in total. The monoisotopic (exact) mass is 416 g/mol. The molecule has 1 aromatic carbocycles. The first-order valence-corrected chi connectivity index (χ1v) is 9.51. The number of halogens is 1. The van der Waals surface area contributed by atoms with Gasteiger partial charge in [0.2, 0.25) is 0 Å². The molecule has 6 nitrogen and oxygen atoms in total. The van der Waals surface area contributed by atoms with Gasteiger partial charge in [-0.1, -0.05) is 6.07 Å². The van der Waals surface area contributed by atoms with Crippen molar-refractivity contribution in [2.75, 3.05) is 25.1 Å². The lowest BCUT2D eigenvalue weighted by atomic mass is 9.73. The van der Waals surface area contributed by atoms with Gasteiger partial charge in [-0.25, -0.2) is 9.97 Å². The van der Waals surface area contributed by atoms with E-state index in [1.807, 2.05) is 6.07 Å². The zero-order valence-corrected chi connectivity index (χ0v) is 16.2. The molecule has 1 aliphatic carbocycles. The molecule has 0 saturated carbocycles. The van der Waals surface area contributed by atoms with Crippen LogP contribution in [-0.4, -0.2) is 36.5 Å². The van der Waals surface area contributed by atoms with E-state index in [2.05, 4.69) is 42.9 Å². The number of aldehydes is 1. The van der Waals surface area contributed by atoms with Gasteiger partial charge >= 0.3 is 0 Å². The molecule has 2 aliphatic rings. The van der Waals surface area contributed by atoms with Gasteiger partial charge in [0.15, 0.2) is 12.1 Å². The second-order valence-corrected chi connectivity index (χ2v) is 7.90. The molecule has 2 aromatic rings. The minimum Gasteiger partial charge on any atom is -0.497 e. The maximum Gasteiger partial charge on any atom is 0.172 e. The first-order valence-electron chi connectivity index (χ1n) is 8.71. The highest BCUT2D eigenvalue weighted by atomic mass is 79.9. The quantitative estimate of drug-likeness (QED) is 0.774. The summed E-state index contributed by atoms with van der Waals surface area (Å²) in [5.41, 5.74) is 9.64. The summed E-state index contributed by atoms with van der Waals surface area (Å²) in [6, 6.07) is 6.23. The standard InChI is InChI=1S/C19H21BrN4O2/c1-26-13-3-2-12-9-19(17(21)14(12)8-13)4-6-24(7-5-19)18-15(11-25)23-16(20)10-22-18/h2-3,8,10-11,17H,4-7,9,21H2,1H3/t17-/m1/s1. The predicted molar refractivity (Wildman–Crippen MR) is 103 cm³/mol. The lowest BCUT2D eigenvalue weighted by Crippen LogP contribution is -2.45. The van der Waals surface area contributed by atoms with E-state index >= 15 is 0 Å². The van der Waals surface area contributed by atoms with Gasteiger partial charge in [0.1, 0.15) is 16.0 Å². The Hall–Kier alpha value is -1.99. The summed E-state index contributed by atoms with van der Waals surface area (Å²) in [7, 11) is 1.68. The van der Waals surface area contributed by atoms with E-state index in [0.717, 1.165) is 44.4 Å². The van der Waals surface area contributed by atoms with Gasteiger partial charge in [0, 0.05) is 19.1 Å². The van der Waals surface area contributed by atoms with Crippen LogP contribution in [0.3, 0.4) is 0 Å². The third-order valence-electron chi connectivity index (χ3n) is 5.81. The minimum atomic E-state index is 0.0105. The van der Waals surface area contributed by atoms with Crippen LogP contribution in [0.15, 0.2) is 29.0 Å². The Bertz CT molecular complexity index is 849. The molecule has 4 rings (SSSR count). The molecule has 136 valence electrons. The highest BCUT2D eigenvalue weighted by molar-refractivity contribution is 9.10. The van der Waals surface area contributed by atoms with Gasteiger partial charge < -0.3 is 15.4 Å². The summed E-state index contributed by atoms with van der Waals surface area (Å²) in [4.78, 5) is 22.1. The molecule has 1 fully saturated rings. The number of benzene rings is 1. The van der Waals surface area contributed by atoms with Crippen LogP contribution in [0.25, 0.3) is 0 Å². The molecule has 1 aliphatic heterocycles. The molecular formula is C19H21BrN4O2. The second kappa shape index (κ2) is 6.63. The van der Waals surface area contributed by atoms with Crippen LogP contribution < -0.4 is 15.4 Å². The lowest BCUT2D eigenvalue weighted by molar-refractivity contribution is 0.111. The normalized spacial score (nSPS) is 20.9. The van der Waals surface area contributed by atoms with Crippen LogP contribution in [0, 0.1) is 5.41 Å². The number of hydrogen-bond donors (Lipinski definition) is 1. The van der Waals surface area contributed by atoms with Crippen LogP contribution >= 0.6 is 15.9 Å². The Morgan fingerprint density at radius 2 is 2.15 bits per heavy atom. The van der Waals surface area contributed by atoms with Gasteiger partial charge in [0.05, 0.1) is 13.3 Å². The van der Waals surface area contributed by atoms with Crippen LogP contribution in [0.5, 0.6) is 5.75 Å². The number of methoxy groups -OCH3 is 1. The van der Waals surface area contributed by atoms with Crippen molar-refractivity contribution >= 4 is 28.0 Å². The van der Waals surface area contributed by atoms with Crippen LogP contribution in [0.2, 0.25) is 0 Å². The van der Waals surface area contributed by atoms with E-state index < -0.39 is 0 Å². The number of piperidine rings is 1. The smallest absolute Gasteiger partial charge is 0.172 e. The van der Waals surface area contributed by atoms with Gasteiger partial charge in [-0.15, -0.1) is 0 Å². The molecule has 0 bridgehead atoms. The summed E-state index contributed by atoms with van der Waals surface area (Å²) in [6.45, 7) is 1.63. The van der Waals surface area contributed by atoms with Gasteiger partial charge in [-0.3, -0.25) is 4.79 Å². The van der Waals surface area contributed by atoms with Gasteiger partial charge in [0.25, 0.3) is 0 Å². The highest BCUT2D eigenvalue weighted by Gasteiger charge is 2.46. The predicted octanol–water partition coefficient (Wildman–Crippen LogP) is 2.90. The zero-order chi connectivity index (χ0) is 18.3. The largest absolute Gasteiger partial charge is 0.497 e. The average Bonchev–Trinajstić information content (AvgIpc) is 2.93. The van der Waals surface area contributed by atoms with E-state index in [0.29, 0.717) is 16.1 Å². The average molecular weight is 417 g/mol. The van der Waals surface area contributed by atoms with Gasteiger partial charge in [-0.2, -0.15) is 0 Å². The second-order valence-electron chi connectivity index (χ2n) is 7.09. The molecular weight excluding hydrogens is 396 g/mol. The Morgan fingerprint density at radius 1 is 1.38 bits per heavy atom. The van der Waals surface area contributed by atoms with Crippen LogP contribution in [0.1, 0.15) is 40.5 Å². The number of carbonyl (C=O) groups is 1. The van der Waals surface area contributed by atoms with Crippen LogP contribution in [0.4, 0.5) is 5.82 Å². The number of aromatic nitrogens is 2. The Morgan fingerprint density at radius 3 is 2.85 bits per heavy atom. The minimum absolute atomic E-state index is 0.0105. The number of carbonyl (C=O) groups excluding carboxylic acids is 1. The molecule has 0 radical (unpaired) electrons. The zero-order valence-electron chi connectivity index (χ0n) is 14.6. The summed E-state index contributed by atoms with van der Waals surface area (Å²) in [5, 5.41) is 0. The van der Waals surface area contributed by atoms with E-state index in [4.69, 9.17) is 10.5 Å². The topological polar surface area (TPSA) is 81.3 Å². The summed E-state index contributed by atoms with van der Waals surface area (Å²) in [6.07, 6.45) is 5.31. The van der Waals surface area contributed by atoms with E-state index in [-0.39, 0.29) is 11.5 Å². The van der Waals surface area contributed by atoms with Crippen molar-refractivity contribution in [2.24, 2.45) is 11.1 Å². The van der Waals surface area contributed by atoms with Crippen molar-refractivity contribution < 1.29 is 9.53 Å². The molecule has 2 heterocycles. The Labute approximate surface area is 160 Å². The van der Waals surface area contributed by atoms with E-state index in [1.165, 1.54) is 11.1 Å². The maximum absolute atomic E-state index is 11.4. The van der Waals surface area contributed by atoms with Crippen molar-refractivity contribution in [3.8, 4) is 5.75 Å². The number of fused-ring (bicyclic) bond motifs is 1. The summed E-state index contributed by atoms with van der Waals surface area (Å²) >= 11 is 3.27. The van der Waals surface area contributed by atoms with Crippen molar-refractivity contribution in [3.05, 3.63) is 45.8 Å². The number of nitrogens with zero attached hydrogens (tertiary/aromatic N) is 3. The molecule has 7 heteroatoms. The van der Waals surface area contributed by atoms with Crippen molar-refractivity contribution in [1.29, 1.82) is 0 Å². The molecule has 26 heavy (non-hydrogen) atoms. The molecule has 0 amide bonds. The number of nitrogens with two attached hydrogens (primary N) is 1. The number of anilines is 1. The number of rotatable bonds is 3. The number of hydrogen-bond acceptors (Lipinski definition) is 6. The van der Waals surface area contributed by atoms with Gasteiger partial charge in [-0.05, 0) is 63.9 Å². The fourth-order valence-corrected chi connectivity index (χ4v) is 4.61. The molecule has 0 unspecified atom stereocenters. The summed E-state index contributed by atoms with van der Waals surface area (Å²) < 4.78 is 5.93. The first kappa shape index (κ1) is 17.4. The third kappa shape index (κ3) is 2.79. The van der Waals surface area contributed by atoms with Crippen molar-refractivity contribution in [2.45, 2.75) is 25.3 Å². The first-order chi connectivity index (χ1) is 12.6. The lowest BCUT2D eigenvalue weighted by Gasteiger charge is -2.42. The van der Waals surface area contributed by atoms with Crippen molar-refractivity contribution in [3.63, 3.8) is 0 Å². The SMILES string of the molecule is COc1ccc2c(c1)[C@@H](N)C1(CCN(c3ncc(Br)nc3C=O)CC1)C2. The third-order valence-corrected chi connectivity index (χ3v) is 6.19.